The predicted molar refractivity (Wildman–Crippen MR) is 152 cm³/mol. The largest absolute Gasteiger partial charge is 0.379 e. The first-order valence-corrected chi connectivity index (χ1v) is 13.8. The molecule has 0 aromatic heterocycles. The van der Waals surface area contributed by atoms with Gasteiger partial charge in [-0.2, -0.15) is 5.10 Å². The number of ether oxygens (including phenoxy) is 1. The summed E-state index contributed by atoms with van der Waals surface area (Å²) in [6.07, 6.45) is 0.828. The zero-order valence-corrected chi connectivity index (χ0v) is 23.8. The lowest BCUT2D eigenvalue weighted by molar-refractivity contribution is -0.142. The zero-order valence-electron chi connectivity index (χ0n) is 22.3. The van der Waals surface area contributed by atoms with Gasteiger partial charge in [-0.1, -0.05) is 80.4 Å². The van der Waals surface area contributed by atoms with Gasteiger partial charge in [-0.25, -0.2) is 5.01 Å². The molecule has 0 bridgehead atoms. The summed E-state index contributed by atoms with van der Waals surface area (Å²) in [5, 5.41) is 7.38. The highest BCUT2D eigenvalue weighted by molar-refractivity contribution is 6.34. The van der Waals surface area contributed by atoms with E-state index in [1.54, 1.807) is 4.90 Å². The molecular formula is C29H36Cl2N4O3. The lowest BCUT2D eigenvalue weighted by atomic mass is 9.91. The summed E-state index contributed by atoms with van der Waals surface area (Å²) in [4.78, 5) is 31.1. The molecule has 0 N–H and O–H groups in total. The Hall–Kier alpha value is -2.45. The third kappa shape index (κ3) is 7.35. The summed E-state index contributed by atoms with van der Waals surface area (Å²) in [5.41, 5.74) is 2.12. The standard InChI is InChI=1S/C29H36Cl2N4O3/c1-29(2,3)19-27(36)34(13-12-33-14-16-38-17-15-33)20-28(37)35-26(22-9-5-7-11-24(22)31)18-25(32-35)21-8-4-6-10-23(21)30/h4-11,26H,12-20H2,1-3H3/t26-/m1/s1. The number of hydrazone groups is 1. The molecule has 204 valence electrons. The van der Waals surface area contributed by atoms with Gasteiger partial charge >= 0.3 is 0 Å². The fourth-order valence-electron chi connectivity index (χ4n) is 4.77. The van der Waals surface area contributed by atoms with Crippen LogP contribution in [0.2, 0.25) is 10.0 Å². The summed E-state index contributed by atoms with van der Waals surface area (Å²) >= 11 is 13.1. The maximum atomic E-state index is 13.8. The monoisotopic (exact) mass is 558 g/mol. The van der Waals surface area contributed by atoms with Gasteiger partial charge in [0.25, 0.3) is 5.91 Å². The number of benzene rings is 2. The molecule has 7 nitrogen and oxygen atoms in total. The van der Waals surface area contributed by atoms with E-state index in [9.17, 15) is 9.59 Å². The van der Waals surface area contributed by atoms with Crippen LogP contribution in [0.15, 0.2) is 53.6 Å². The Balaban J connectivity index is 1.59. The second-order valence-electron chi connectivity index (χ2n) is 11.0. The van der Waals surface area contributed by atoms with Crippen LogP contribution in [0.5, 0.6) is 0 Å². The van der Waals surface area contributed by atoms with Gasteiger partial charge < -0.3 is 9.64 Å². The summed E-state index contributed by atoms with van der Waals surface area (Å²) in [7, 11) is 0. The molecule has 1 saturated heterocycles. The number of carbonyl (C=O) groups excluding carboxylic acids is 2. The van der Waals surface area contributed by atoms with E-state index in [4.69, 9.17) is 33.0 Å². The molecule has 2 aliphatic rings. The van der Waals surface area contributed by atoms with Crippen molar-refractivity contribution in [3.8, 4) is 0 Å². The van der Waals surface area contributed by atoms with Crippen LogP contribution in [0.25, 0.3) is 0 Å². The molecule has 9 heteroatoms. The van der Waals surface area contributed by atoms with Crippen LogP contribution < -0.4 is 0 Å². The minimum absolute atomic E-state index is 0.0390. The van der Waals surface area contributed by atoms with Crippen LogP contribution in [0.3, 0.4) is 0 Å². The number of morpholine rings is 1. The highest BCUT2D eigenvalue weighted by Gasteiger charge is 2.36. The molecule has 0 spiro atoms. The van der Waals surface area contributed by atoms with Gasteiger partial charge in [0, 0.05) is 54.6 Å². The molecule has 0 unspecified atom stereocenters. The summed E-state index contributed by atoms with van der Waals surface area (Å²) in [6, 6.07) is 14.6. The SMILES string of the molecule is CC(C)(C)CC(=O)N(CCN1CCOCC1)CC(=O)N1N=C(c2ccccc2Cl)C[C@@H]1c1ccccc1Cl. The van der Waals surface area contributed by atoms with E-state index in [-0.39, 0.29) is 29.8 Å². The van der Waals surface area contributed by atoms with E-state index < -0.39 is 0 Å². The molecule has 2 aromatic rings. The normalized spacial score (nSPS) is 18.4. The third-order valence-corrected chi connectivity index (χ3v) is 7.44. The summed E-state index contributed by atoms with van der Waals surface area (Å²) in [5.74, 6) is -0.288. The number of amides is 2. The molecule has 1 atom stereocenters. The number of rotatable bonds is 8. The highest BCUT2D eigenvalue weighted by atomic mass is 35.5. The average Bonchev–Trinajstić information content (AvgIpc) is 3.31. The van der Waals surface area contributed by atoms with E-state index in [2.05, 4.69) is 4.90 Å². The van der Waals surface area contributed by atoms with Crippen molar-refractivity contribution in [2.45, 2.75) is 39.7 Å². The topological polar surface area (TPSA) is 65.5 Å². The van der Waals surface area contributed by atoms with Gasteiger partial charge in [0.2, 0.25) is 5.91 Å². The van der Waals surface area contributed by atoms with Crippen molar-refractivity contribution >= 4 is 40.7 Å². The molecule has 2 aromatic carbocycles. The van der Waals surface area contributed by atoms with E-state index in [0.29, 0.717) is 49.2 Å². The van der Waals surface area contributed by atoms with Gasteiger partial charge in [0.15, 0.2) is 0 Å². The molecule has 2 heterocycles. The Morgan fingerprint density at radius 2 is 1.68 bits per heavy atom. The Morgan fingerprint density at radius 3 is 2.34 bits per heavy atom. The number of carbonyl (C=O) groups is 2. The van der Waals surface area contributed by atoms with E-state index in [1.807, 2.05) is 69.3 Å². The van der Waals surface area contributed by atoms with Gasteiger partial charge in [-0.05, 0) is 23.1 Å². The fraction of sp³-hybridized carbons (Fsp3) is 0.483. The number of hydrogen-bond acceptors (Lipinski definition) is 5. The Bertz CT molecular complexity index is 1170. The maximum absolute atomic E-state index is 13.8. The molecule has 38 heavy (non-hydrogen) atoms. The van der Waals surface area contributed by atoms with Gasteiger partial charge in [0.1, 0.15) is 6.54 Å². The molecule has 2 aliphatic heterocycles. The van der Waals surface area contributed by atoms with Crippen LogP contribution in [-0.4, -0.2) is 78.3 Å². The molecule has 0 radical (unpaired) electrons. The van der Waals surface area contributed by atoms with Gasteiger partial charge in [-0.3, -0.25) is 14.5 Å². The Labute approximate surface area is 235 Å². The van der Waals surface area contributed by atoms with E-state index >= 15 is 0 Å². The van der Waals surface area contributed by atoms with Crippen molar-refractivity contribution in [1.29, 1.82) is 0 Å². The van der Waals surface area contributed by atoms with Gasteiger partial charge in [-0.15, -0.1) is 0 Å². The van der Waals surface area contributed by atoms with Crippen LogP contribution in [0.1, 0.15) is 50.8 Å². The summed E-state index contributed by atoms with van der Waals surface area (Å²) < 4.78 is 5.45. The lowest BCUT2D eigenvalue weighted by Crippen LogP contribution is -2.47. The van der Waals surface area contributed by atoms with Crippen LogP contribution in [0.4, 0.5) is 0 Å². The number of halogens is 2. The van der Waals surface area contributed by atoms with E-state index in [1.165, 1.54) is 5.01 Å². The first-order valence-electron chi connectivity index (χ1n) is 13.1. The van der Waals surface area contributed by atoms with Crippen LogP contribution in [-0.2, 0) is 14.3 Å². The number of hydrogen-bond donors (Lipinski definition) is 0. The molecule has 0 aliphatic carbocycles. The maximum Gasteiger partial charge on any atom is 0.262 e. The molecular weight excluding hydrogens is 523 g/mol. The second kappa shape index (κ2) is 12.6. The minimum atomic E-state index is -0.388. The Morgan fingerprint density at radius 1 is 1.03 bits per heavy atom. The average molecular weight is 560 g/mol. The van der Waals surface area contributed by atoms with Crippen molar-refractivity contribution < 1.29 is 14.3 Å². The lowest BCUT2D eigenvalue weighted by Gasteiger charge is -2.32. The van der Waals surface area contributed by atoms with E-state index in [0.717, 1.165) is 29.9 Å². The smallest absolute Gasteiger partial charge is 0.262 e. The van der Waals surface area contributed by atoms with Crippen LogP contribution >= 0.6 is 23.2 Å². The predicted octanol–water partition coefficient (Wildman–Crippen LogP) is 5.27. The summed E-state index contributed by atoms with van der Waals surface area (Å²) in [6.45, 7) is 10.2. The van der Waals surface area contributed by atoms with Crippen molar-refractivity contribution in [1.82, 2.24) is 14.8 Å². The van der Waals surface area contributed by atoms with Crippen molar-refractivity contribution in [3.05, 3.63) is 69.7 Å². The van der Waals surface area contributed by atoms with Crippen molar-refractivity contribution in [2.75, 3.05) is 45.9 Å². The first kappa shape index (κ1) is 28.6. The second-order valence-corrected chi connectivity index (χ2v) is 11.8. The first-order chi connectivity index (χ1) is 18.1. The zero-order chi connectivity index (χ0) is 27.3. The number of nitrogens with zero attached hydrogens (tertiary/aromatic N) is 4. The van der Waals surface area contributed by atoms with Crippen molar-refractivity contribution in [3.63, 3.8) is 0 Å². The fourth-order valence-corrected chi connectivity index (χ4v) is 5.27. The molecule has 4 rings (SSSR count). The Kier molecular flexibility index (Phi) is 9.47. The van der Waals surface area contributed by atoms with Crippen LogP contribution in [0, 0.1) is 5.41 Å². The molecule has 0 saturated carbocycles. The molecule has 2 amide bonds. The quantitative estimate of drug-likeness (QED) is 0.442. The minimum Gasteiger partial charge on any atom is -0.379 e. The molecule has 1 fully saturated rings. The van der Waals surface area contributed by atoms with Crippen molar-refractivity contribution in [2.24, 2.45) is 10.5 Å². The highest BCUT2D eigenvalue weighted by Crippen LogP contribution is 2.37. The van der Waals surface area contributed by atoms with Gasteiger partial charge in [0.05, 0.1) is 25.0 Å². The third-order valence-electron chi connectivity index (χ3n) is 6.77.